The molecule has 0 bridgehead atoms. The van der Waals surface area contributed by atoms with E-state index in [1.807, 2.05) is 12.1 Å². The van der Waals surface area contributed by atoms with Gasteiger partial charge in [-0.1, -0.05) is 0 Å². The number of amides is 1. The largest absolute Gasteiger partial charge is 0.379 e. The van der Waals surface area contributed by atoms with Gasteiger partial charge in [-0.3, -0.25) is 9.69 Å². The summed E-state index contributed by atoms with van der Waals surface area (Å²) in [7, 11) is 0. The lowest BCUT2D eigenvalue weighted by Gasteiger charge is -2.32. The molecule has 0 aromatic carbocycles. The molecule has 100 valence electrons. The molecule has 0 radical (unpaired) electrons. The van der Waals surface area contributed by atoms with Crippen molar-refractivity contribution < 1.29 is 9.53 Å². The molecule has 1 fully saturated rings. The van der Waals surface area contributed by atoms with Gasteiger partial charge in [-0.25, -0.2) is 0 Å². The highest BCUT2D eigenvalue weighted by atomic mass is 79.9. The van der Waals surface area contributed by atoms with Crippen LogP contribution < -0.4 is 5.32 Å². The molecule has 18 heavy (non-hydrogen) atoms. The number of hydrogen-bond acceptors (Lipinski definition) is 4. The molecule has 1 atom stereocenters. The average molecular weight is 333 g/mol. The summed E-state index contributed by atoms with van der Waals surface area (Å²) in [5.74, 6) is 0.00538. The molecule has 0 saturated carbocycles. The van der Waals surface area contributed by atoms with Crippen LogP contribution in [0.5, 0.6) is 0 Å². The molecule has 1 N–H and O–H groups in total. The number of halogens is 1. The number of hydrogen-bond donors (Lipinski definition) is 1. The lowest BCUT2D eigenvalue weighted by atomic mass is 10.2. The van der Waals surface area contributed by atoms with E-state index < -0.39 is 0 Å². The van der Waals surface area contributed by atoms with Gasteiger partial charge in [0.2, 0.25) is 0 Å². The average Bonchev–Trinajstić information content (AvgIpc) is 2.83. The third-order valence-electron chi connectivity index (χ3n) is 3.02. The van der Waals surface area contributed by atoms with Gasteiger partial charge in [0.25, 0.3) is 5.91 Å². The zero-order chi connectivity index (χ0) is 13.0. The first-order chi connectivity index (χ1) is 8.66. The second-order valence-electron chi connectivity index (χ2n) is 4.31. The van der Waals surface area contributed by atoms with Gasteiger partial charge in [0.05, 0.1) is 21.9 Å². The zero-order valence-corrected chi connectivity index (χ0v) is 12.7. The van der Waals surface area contributed by atoms with Crippen molar-refractivity contribution in [1.29, 1.82) is 0 Å². The highest BCUT2D eigenvalue weighted by molar-refractivity contribution is 9.11. The molecule has 1 aromatic rings. The van der Waals surface area contributed by atoms with E-state index in [1.54, 1.807) is 0 Å². The summed E-state index contributed by atoms with van der Waals surface area (Å²) in [6.07, 6.45) is 0. The summed E-state index contributed by atoms with van der Waals surface area (Å²) in [4.78, 5) is 15.0. The molecule has 1 aliphatic rings. The Hall–Kier alpha value is -0.430. The van der Waals surface area contributed by atoms with Crippen LogP contribution in [0, 0.1) is 0 Å². The van der Waals surface area contributed by atoms with Crippen LogP contribution in [0.4, 0.5) is 0 Å². The van der Waals surface area contributed by atoms with E-state index in [4.69, 9.17) is 4.74 Å². The molecule has 0 spiro atoms. The quantitative estimate of drug-likeness (QED) is 0.916. The van der Waals surface area contributed by atoms with E-state index in [2.05, 4.69) is 33.1 Å². The molecule has 6 heteroatoms. The second kappa shape index (κ2) is 6.65. The Kier molecular flexibility index (Phi) is 5.17. The van der Waals surface area contributed by atoms with E-state index in [0.29, 0.717) is 12.6 Å². The van der Waals surface area contributed by atoms with Gasteiger partial charge >= 0.3 is 0 Å². The van der Waals surface area contributed by atoms with Crippen molar-refractivity contribution in [2.45, 2.75) is 13.0 Å². The Labute approximate surface area is 119 Å². The lowest BCUT2D eigenvalue weighted by molar-refractivity contribution is 0.0204. The number of thiophene rings is 1. The Morgan fingerprint density at radius 3 is 2.89 bits per heavy atom. The van der Waals surface area contributed by atoms with Gasteiger partial charge in [-0.15, -0.1) is 11.3 Å². The van der Waals surface area contributed by atoms with Crippen molar-refractivity contribution >= 4 is 33.2 Å². The van der Waals surface area contributed by atoms with Crippen molar-refractivity contribution in [3.8, 4) is 0 Å². The van der Waals surface area contributed by atoms with E-state index in [9.17, 15) is 4.79 Å². The lowest BCUT2D eigenvalue weighted by Crippen LogP contribution is -2.47. The van der Waals surface area contributed by atoms with Gasteiger partial charge in [0, 0.05) is 25.7 Å². The maximum atomic E-state index is 11.9. The smallest absolute Gasteiger partial charge is 0.261 e. The molecular weight excluding hydrogens is 316 g/mol. The van der Waals surface area contributed by atoms with Gasteiger partial charge in [-0.2, -0.15) is 0 Å². The number of carbonyl (C=O) groups is 1. The van der Waals surface area contributed by atoms with Gasteiger partial charge in [-0.05, 0) is 35.0 Å². The Balaban J connectivity index is 1.78. The van der Waals surface area contributed by atoms with Crippen molar-refractivity contribution in [1.82, 2.24) is 10.2 Å². The fourth-order valence-electron chi connectivity index (χ4n) is 1.91. The normalized spacial score (nSPS) is 18.6. The first-order valence-corrected chi connectivity index (χ1v) is 7.63. The summed E-state index contributed by atoms with van der Waals surface area (Å²) in [5.41, 5.74) is 0. The molecular formula is C12H17BrN2O2S. The molecule has 1 amide bonds. The molecule has 4 nitrogen and oxygen atoms in total. The van der Waals surface area contributed by atoms with Crippen LogP contribution in [-0.4, -0.2) is 49.7 Å². The minimum Gasteiger partial charge on any atom is -0.379 e. The van der Waals surface area contributed by atoms with Crippen molar-refractivity contribution in [2.24, 2.45) is 0 Å². The highest BCUT2D eigenvalue weighted by Crippen LogP contribution is 2.21. The summed E-state index contributed by atoms with van der Waals surface area (Å²) in [5, 5.41) is 2.98. The summed E-state index contributed by atoms with van der Waals surface area (Å²) < 4.78 is 6.30. The number of nitrogens with one attached hydrogen (secondary N) is 1. The maximum Gasteiger partial charge on any atom is 0.261 e. The number of ether oxygens (including phenoxy) is 1. The van der Waals surface area contributed by atoms with Crippen LogP contribution in [-0.2, 0) is 4.74 Å². The van der Waals surface area contributed by atoms with Gasteiger partial charge in [0.1, 0.15) is 0 Å². The third kappa shape index (κ3) is 3.78. The maximum absolute atomic E-state index is 11.9. The zero-order valence-electron chi connectivity index (χ0n) is 10.3. The van der Waals surface area contributed by atoms with Gasteiger partial charge < -0.3 is 10.1 Å². The van der Waals surface area contributed by atoms with E-state index in [0.717, 1.165) is 35.0 Å². The number of morpholine rings is 1. The molecule has 2 heterocycles. The number of nitrogens with zero attached hydrogens (tertiary/aromatic N) is 1. The van der Waals surface area contributed by atoms with Crippen LogP contribution in [0.25, 0.3) is 0 Å². The topological polar surface area (TPSA) is 41.6 Å². The SMILES string of the molecule is C[C@H](CNC(=O)c1ccc(Br)s1)N1CCOCC1. The van der Waals surface area contributed by atoms with E-state index in [-0.39, 0.29) is 5.91 Å². The first kappa shape index (κ1) is 14.0. The van der Waals surface area contributed by atoms with Crippen LogP contribution in [0.3, 0.4) is 0 Å². The summed E-state index contributed by atoms with van der Waals surface area (Å²) >= 11 is 4.81. The molecule has 1 aromatic heterocycles. The second-order valence-corrected chi connectivity index (χ2v) is 6.77. The Morgan fingerprint density at radius 2 is 2.28 bits per heavy atom. The van der Waals surface area contributed by atoms with Crippen molar-refractivity contribution in [2.75, 3.05) is 32.8 Å². The standard InChI is InChI=1S/C12H17BrN2O2S/c1-9(15-4-6-17-7-5-15)8-14-12(16)10-2-3-11(13)18-10/h2-3,9H,4-8H2,1H3,(H,14,16)/t9-/m1/s1. The molecule has 0 unspecified atom stereocenters. The fourth-order valence-corrected chi connectivity index (χ4v) is 3.21. The van der Waals surface area contributed by atoms with Gasteiger partial charge in [0.15, 0.2) is 0 Å². The third-order valence-corrected chi connectivity index (χ3v) is 4.65. The Morgan fingerprint density at radius 1 is 1.56 bits per heavy atom. The monoisotopic (exact) mass is 332 g/mol. The first-order valence-electron chi connectivity index (χ1n) is 6.02. The molecule has 0 aliphatic carbocycles. The highest BCUT2D eigenvalue weighted by Gasteiger charge is 2.18. The van der Waals surface area contributed by atoms with E-state index >= 15 is 0 Å². The number of carbonyl (C=O) groups excluding carboxylic acids is 1. The van der Waals surface area contributed by atoms with Crippen LogP contribution in [0.2, 0.25) is 0 Å². The fraction of sp³-hybridized carbons (Fsp3) is 0.583. The summed E-state index contributed by atoms with van der Waals surface area (Å²) in [6.45, 7) is 6.28. The molecule has 1 saturated heterocycles. The van der Waals surface area contributed by atoms with Crippen molar-refractivity contribution in [3.63, 3.8) is 0 Å². The van der Waals surface area contributed by atoms with Crippen molar-refractivity contribution in [3.05, 3.63) is 20.8 Å². The molecule has 2 rings (SSSR count). The predicted molar refractivity (Wildman–Crippen MR) is 76.2 cm³/mol. The predicted octanol–water partition coefficient (Wildman–Crippen LogP) is 1.96. The van der Waals surface area contributed by atoms with Crippen LogP contribution in [0.15, 0.2) is 15.9 Å². The Bertz CT molecular complexity index is 405. The number of rotatable bonds is 4. The summed E-state index contributed by atoms with van der Waals surface area (Å²) in [6, 6.07) is 4.08. The minimum atomic E-state index is 0.00538. The molecule has 1 aliphatic heterocycles. The minimum absolute atomic E-state index is 0.00538. The van der Waals surface area contributed by atoms with Crippen LogP contribution >= 0.6 is 27.3 Å². The van der Waals surface area contributed by atoms with E-state index in [1.165, 1.54) is 11.3 Å². The van der Waals surface area contributed by atoms with Crippen LogP contribution in [0.1, 0.15) is 16.6 Å².